The number of urea groups is 1. The van der Waals surface area contributed by atoms with Crippen molar-refractivity contribution in [1.82, 2.24) is 10.6 Å². The smallest absolute Gasteiger partial charge is 0.315 e. The van der Waals surface area contributed by atoms with E-state index < -0.39 is 5.92 Å². The van der Waals surface area contributed by atoms with Gasteiger partial charge in [-0.2, -0.15) is 0 Å². The van der Waals surface area contributed by atoms with Gasteiger partial charge in [-0.3, -0.25) is 4.79 Å². The molecule has 0 heterocycles. The average molecular weight is 368 g/mol. The fourth-order valence-electron chi connectivity index (χ4n) is 3.84. The van der Waals surface area contributed by atoms with Crippen molar-refractivity contribution >= 4 is 22.8 Å². The molecule has 0 aromatic heterocycles. The van der Waals surface area contributed by atoms with Gasteiger partial charge in [0.15, 0.2) is 0 Å². The number of rotatable bonds is 6. The summed E-state index contributed by atoms with van der Waals surface area (Å²) < 4.78 is 4.97. The molecule has 144 valence electrons. The van der Waals surface area contributed by atoms with Crippen molar-refractivity contribution in [2.75, 3.05) is 13.7 Å². The summed E-state index contributed by atoms with van der Waals surface area (Å²) in [5.74, 6) is -0.723. The highest BCUT2D eigenvalue weighted by molar-refractivity contribution is 5.86. The number of benzene rings is 2. The van der Waals surface area contributed by atoms with E-state index in [0.717, 1.165) is 42.0 Å². The van der Waals surface area contributed by atoms with E-state index in [1.807, 2.05) is 24.3 Å². The maximum Gasteiger partial charge on any atom is 0.315 e. The molecular weight excluding hydrogens is 340 g/mol. The summed E-state index contributed by atoms with van der Waals surface area (Å²) in [5, 5.41) is 8.15. The van der Waals surface area contributed by atoms with Gasteiger partial charge >= 0.3 is 12.0 Å². The van der Waals surface area contributed by atoms with Gasteiger partial charge in [0.1, 0.15) is 0 Å². The second kappa shape index (κ2) is 9.40. The van der Waals surface area contributed by atoms with Crippen LogP contribution in [0.15, 0.2) is 42.5 Å². The zero-order valence-electron chi connectivity index (χ0n) is 15.9. The predicted octanol–water partition coefficient (Wildman–Crippen LogP) is 3.80. The van der Waals surface area contributed by atoms with Crippen molar-refractivity contribution in [3.05, 3.63) is 48.0 Å². The average Bonchev–Trinajstić information content (AvgIpc) is 2.71. The number of esters is 1. The molecule has 27 heavy (non-hydrogen) atoms. The lowest BCUT2D eigenvalue weighted by Gasteiger charge is -2.23. The van der Waals surface area contributed by atoms with Crippen LogP contribution < -0.4 is 10.6 Å². The first-order chi connectivity index (χ1) is 13.2. The molecule has 2 N–H and O–H groups in total. The third kappa shape index (κ3) is 5.22. The van der Waals surface area contributed by atoms with E-state index in [4.69, 9.17) is 4.74 Å². The van der Waals surface area contributed by atoms with Crippen LogP contribution in [0, 0.1) is 5.92 Å². The van der Waals surface area contributed by atoms with E-state index in [2.05, 4.69) is 28.8 Å². The van der Waals surface area contributed by atoms with E-state index >= 15 is 0 Å². The summed E-state index contributed by atoms with van der Waals surface area (Å²) in [7, 11) is 1.39. The van der Waals surface area contributed by atoms with Gasteiger partial charge in [-0.1, -0.05) is 61.7 Å². The van der Waals surface area contributed by atoms with Crippen LogP contribution in [0.4, 0.5) is 4.79 Å². The Morgan fingerprint density at radius 1 is 1.07 bits per heavy atom. The highest BCUT2D eigenvalue weighted by Gasteiger charge is 2.22. The molecule has 0 radical (unpaired) electrons. The van der Waals surface area contributed by atoms with Crippen LogP contribution in [0.25, 0.3) is 10.8 Å². The zero-order valence-corrected chi connectivity index (χ0v) is 15.9. The molecule has 0 bridgehead atoms. The first kappa shape index (κ1) is 19.2. The molecule has 0 spiro atoms. The number of carbonyl (C=O) groups excluding carboxylic acids is 2. The Bertz CT molecular complexity index is 779. The van der Waals surface area contributed by atoms with Gasteiger partial charge in [-0.25, -0.2) is 4.79 Å². The van der Waals surface area contributed by atoms with Crippen molar-refractivity contribution in [3.63, 3.8) is 0 Å². The summed E-state index contributed by atoms with van der Waals surface area (Å²) in [5.41, 5.74) is 1.08. The van der Waals surface area contributed by atoms with Gasteiger partial charge < -0.3 is 15.4 Å². The van der Waals surface area contributed by atoms with Gasteiger partial charge in [0, 0.05) is 12.6 Å². The molecule has 0 aliphatic heterocycles. The molecule has 1 atom stereocenters. The lowest BCUT2D eigenvalue weighted by Crippen LogP contribution is -2.45. The maximum absolute atomic E-state index is 12.3. The molecular formula is C22H28N2O3. The Kier molecular flexibility index (Phi) is 6.69. The summed E-state index contributed by atoms with van der Waals surface area (Å²) in [6.45, 7) is 0.258. The Morgan fingerprint density at radius 3 is 2.59 bits per heavy atom. The molecule has 1 fully saturated rings. The second-order valence-electron chi connectivity index (χ2n) is 7.25. The molecule has 5 heteroatoms. The molecule has 1 aliphatic carbocycles. The lowest BCUT2D eigenvalue weighted by molar-refractivity contribution is -0.145. The topological polar surface area (TPSA) is 67.4 Å². The minimum atomic E-state index is -0.419. The van der Waals surface area contributed by atoms with Crippen molar-refractivity contribution in [1.29, 1.82) is 0 Å². The molecule has 2 aromatic carbocycles. The molecule has 2 amide bonds. The number of carbonyl (C=O) groups is 2. The van der Waals surface area contributed by atoms with Gasteiger partial charge in [-0.05, 0) is 35.6 Å². The number of ether oxygens (including phenoxy) is 1. The number of hydrogen-bond donors (Lipinski definition) is 2. The number of methoxy groups -OCH3 is 1. The van der Waals surface area contributed by atoms with Crippen LogP contribution in [0.5, 0.6) is 0 Å². The zero-order chi connectivity index (χ0) is 19.1. The van der Waals surface area contributed by atoms with Gasteiger partial charge in [-0.15, -0.1) is 0 Å². The van der Waals surface area contributed by atoms with Gasteiger partial charge in [0.25, 0.3) is 0 Å². The van der Waals surface area contributed by atoms with Gasteiger partial charge in [0.05, 0.1) is 13.0 Å². The molecule has 1 aliphatic rings. The first-order valence-electron chi connectivity index (χ1n) is 9.76. The summed E-state index contributed by atoms with van der Waals surface area (Å²) in [6, 6.07) is 14.2. The molecule has 1 unspecified atom stereocenters. The summed E-state index contributed by atoms with van der Waals surface area (Å²) in [4.78, 5) is 24.5. The monoisotopic (exact) mass is 368 g/mol. The highest BCUT2D eigenvalue weighted by atomic mass is 16.5. The SMILES string of the molecule is COC(=O)C(CNC(=O)NC1CCCCC1)Cc1cccc2ccccc12. The predicted molar refractivity (Wildman–Crippen MR) is 107 cm³/mol. The Balaban J connectivity index is 1.63. The van der Waals surface area contributed by atoms with Crippen molar-refractivity contribution < 1.29 is 14.3 Å². The first-order valence-corrected chi connectivity index (χ1v) is 9.76. The number of fused-ring (bicyclic) bond motifs is 1. The summed E-state index contributed by atoms with van der Waals surface area (Å²) >= 11 is 0. The van der Waals surface area contributed by atoms with Crippen LogP contribution >= 0.6 is 0 Å². The van der Waals surface area contributed by atoms with Crippen LogP contribution in [-0.4, -0.2) is 31.7 Å². The third-order valence-corrected chi connectivity index (χ3v) is 5.33. The van der Waals surface area contributed by atoms with Crippen molar-refractivity contribution in [2.45, 2.75) is 44.6 Å². The largest absolute Gasteiger partial charge is 0.469 e. The van der Waals surface area contributed by atoms with Crippen molar-refractivity contribution in [2.24, 2.45) is 5.92 Å². The summed E-state index contributed by atoms with van der Waals surface area (Å²) in [6.07, 6.45) is 6.16. The Morgan fingerprint density at radius 2 is 1.81 bits per heavy atom. The van der Waals surface area contributed by atoms with E-state index in [0.29, 0.717) is 6.42 Å². The van der Waals surface area contributed by atoms with E-state index in [9.17, 15) is 9.59 Å². The van der Waals surface area contributed by atoms with E-state index in [1.165, 1.54) is 13.5 Å². The number of nitrogens with one attached hydrogen (secondary N) is 2. The van der Waals surface area contributed by atoms with Crippen LogP contribution in [0.1, 0.15) is 37.7 Å². The Hall–Kier alpha value is -2.56. The van der Waals surface area contributed by atoms with Crippen LogP contribution in [-0.2, 0) is 16.0 Å². The Labute approximate surface area is 160 Å². The number of hydrogen-bond acceptors (Lipinski definition) is 3. The fraction of sp³-hybridized carbons (Fsp3) is 0.455. The van der Waals surface area contributed by atoms with Crippen molar-refractivity contribution in [3.8, 4) is 0 Å². The van der Waals surface area contributed by atoms with E-state index in [-0.39, 0.29) is 24.6 Å². The standard InChI is InChI=1S/C22H28N2O3/c1-27-21(25)18(15-23-22(26)24-19-11-3-2-4-12-19)14-17-10-7-9-16-8-5-6-13-20(16)17/h5-10,13,18-19H,2-4,11-12,14-15H2,1H3,(H2,23,24,26). The quantitative estimate of drug-likeness (QED) is 0.762. The number of amides is 2. The molecule has 1 saturated carbocycles. The molecule has 3 rings (SSSR count). The maximum atomic E-state index is 12.3. The van der Waals surface area contributed by atoms with Crippen LogP contribution in [0.3, 0.4) is 0 Å². The molecule has 2 aromatic rings. The second-order valence-corrected chi connectivity index (χ2v) is 7.25. The van der Waals surface area contributed by atoms with E-state index in [1.54, 1.807) is 0 Å². The normalized spacial score (nSPS) is 15.9. The molecule has 0 saturated heterocycles. The lowest BCUT2D eigenvalue weighted by atomic mass is 9.94. The van der Waals surface area contributed by atoms with Gasteiger partial charge in [0.2, 0.25) is 0 Å². The minimum Gasteiger partial charge on any atom is -0.469 e. The third-order valence-electron chi connectivity index (χ3n) is 5.33. The molecule has 5 nitrogen and oxygen atoms in total. The highest BCUT2D eigenvalue weighted by Crippen LogP contribution is 2.22. The fourth-order valence-corrected chi connectivity index (χ4v) is 3.84. The van der Waals surface area contributed by atoms with Crippen LogP contribution in [0.2, 0.25) is 0 Å². The minimum absolute atomic E-state index is 0.200.